The Morgan fingerprint density at radius 3 is 3.17 bits per heavy atom. The highest BCUT2D eigenvalue weighted by Crippen LogP contribution is 2.33. The van der Waals surface area contributed by atoms with E-state index in [4.69, 9.17) is 0 Å². The van der Waals surface area contributed by atoms with E-state index in [0.29, 0.717) is 6.54 Å². The first-order valence-electron chi connectivity index (χ1n) is 8.39. The number of nitrogens with zero attached hydrogens (tertiary/aromatic N) is 4. The minimum absolute atomic E-state index is 0.118. The fraction of sp³-hybridized carbons (Fsp3) is 0.588. The minimum Gasteiger partial charge on any atom is -0.334 e. The van der Waals surface area contributed by atoms with Crippen molar-refractivity contribution < 1.29 is 4.79 Å². The van der Waals surface area contributed by atoms with Crippen molar-refractivity contribution in [2.24, 2.45) is 5.92 Å². The SMILES string of the molecule is CC1CCc2c(C(=O)N(C)Cc3nnc4n3CCC4)csc2C1. The molecule has 2 aromatic heterocycles. The van der Waals surface area contributed by atoms with Crippen molar-refractivity contribution in [3.8, 4) is 0 Å². The second kappa shape index (κ2) is 5.74. The molecule has 0 saturated carbocycles. The smallest absolute Gasteiger partial charge is 0.255 e. The molecule has 2 aliphatic rings. The maximum Gasteiger partial charge on any atom is 0.255 e. The largest absolute Gasteiger partial charge is 0.334 e. The summed E-state index contributed by atoms with van der Waals surface area (Å²) in [6.07, 6.45) is 5.47. The van der Waals surface area contributed by atoms with Gasteiger partial charge in [0.25, 0.3) is 5.91 Å². The van der Waals surface area contributed by atoms with Gasteiger partial charge >= 0.3 is 0 Å². The molecule has 1 atom stereocenters. The Morgan fingerprint density at radius 1 is 1.43 bits per heavy atom. The Hall–Kier alpha value is -1.69. The van der Waals surface area contributed by atoms with Crippen molar-refractivity contribution in [1.82, 2.24) is 19.7 Å². The maximum absolute atomic E-state index is 12.9. The zero-order chi connectivity index (χ0) is 16.0. The number of fused-ring (bicyclic) bond motifs is 2. The number of carbonyl (C=O) groups excluding carboxylic acids is 1. The van der Waals surface area contributed by atoms with Crippen LogP contribution in [0.25, 0.3) is 0 Å². The predicted molar refractivity (Wildman–Crippen MR) is 89.6 cm³/mol. The van der Waals surface area contributed by atoms with E-state index in [2.05, 4.69) is 27.1 Å². The number of thiophene rings is 1. The first-order valence-corrected chi connectivity index (χ1v) is 9.27. The van der Waals surface area contributed by atoms with Gasteiger partial charge < -0.3 is 9.47 Å². The van der Waals surface area contributed by atoms with E-state index < -0.39 is 0 Å². The van der Waals surface area contributed by atoms with Crippen LogP contribution in [0.1, 0.15) is 52.2 Å². The van der Waals surface area contributed by atoms with E-state index in [0.717, 1.165) is 55.4 Å². The van der Waals surface area contributed by atoms with Crippen molar-refractivity contribution >= 4 is 17.2 Å². The highest BCUT2D eigenvalue weighted by atomic mass is 32.1. The third-order valence-corrected chi connectivity index (χ3v) is 6.09. The third-order valence-electron chi connectivity index (χ3n) is 5.04. The summed E-state index contributed by atoms with van der Waals surface area (Å²) < 4.78 is 2.16. The standard InChI is InChI=1S/C17H22N4OS/c1-11-5-6-12-13(10-23-14(12)8-11)17(22)20(2)9-16-19-18-15-4-3-7-21(15)16/h10-11H,3-9H2,1-2H3. The van der Waals surface area contributed by atoms with E-state index in [-0.39, 0.29) is 5.91 Å². The number of carbonyl (C=O) groups is 1. The zero-order valence-electron chi connectivity index (χ0n) is 13.7. The van der Waals surface area contributed by atoms with Crippen LogP contribution >= 0.6 is 11.3 Å². The Balaban J connectivity index is 1.53. The molecule has 2 aromatic rings. The molecule has 1 amide bonds. The van der Waals surface area contributed by atoms with Crippen LogP contribution in [0.15, 0.2) is 5.38 Å². The predicted octanol–water partition coefficient (Wildman–Crippen LogP) is 2.68. The Bertz CT molecular complexity index is 748. The van der Waals surface area contributed by atoms with E-state index in [1.807, 2.05) is 7.05 Å². The molecule has 1 unspecified atom stereocenters. The van der Waals surface area contributed by atoms with Gasteiger partial charge in [-0.1, -0.05) is 6.92 Å². The molecule has 0 bridgehead atoms. The van der Waals surface area contributed by atoms with Gasteiger partial charge in [-0.15, -0.1) is 21.5 Å². The molecule has 3 heterocycles. The fourth-order valence-electron chi connectivity index (χ4n) is 3.67. The van der Waals surface area contributed by atoms with Gasteiger partial charge in [0.05, 0.1) is 12.1 Å². The minimum atomic E-state index is 0.118. The molecular weight excluding hydrogens is 308 g/mol. The summed E-state index contributed by atoms with van der Waals surface area (Å²) in [6, 6.07) is 0. The Kier molecular flexibility index (Phi) is 3.71. The Morgan fingerprint density at radius 2 is 2.30 bits per heavy atom. The van der Waals surface area contributed by atoms with Crippen molar-refractivity contribution in [2.75, 3.05) is 7.05 Å². The molecule has 1 aliphatic carbocycles. The lowest BCUT2D eigenvalue weighted by Crippen LogP contribution is -2.28. The maximum atomic E-state index is 12.9. The summed E-state index contributed by atoms with van der Waals surface area (Å²) in [4.78, 5) is 16.1. The molecule has 0 spiro atoms. The van der Waals surface area contributed by atoms with Crippen molar-refractivity contribution in [3.05, 3.63) is 33.0 Å². The van der Waals surface area contributed by atoms with Gasteiger partial charge in [-0.25, -0.2) is 0 Å². The number of hydrogen-bond donors (Lipinski definition) is 0. The summed E-state index contributed by atoms with van der Waals surface area (Å²) >= 11 is 1.75. The van der Waals surface area contributed by atoms with Crippen LogP contribution in [0.2, 0.25) is 0 Å². The van der Waals surface area contributed by atoms with Gasteiger partial charge in [0.15, 0.2) is 5.82 Å². The molecule has 23 heavy (non-hydrogen) atoms. The lowest BCUT2D eigenvalue weighted by Gasteiger charge is -2.21. The Labute approximate surface area is 140 Å². The topological polar surface area (TPSA) is 51.0 Å². The van der Waals surface area contributed by atoms with Crippen LogP contribution < -0.4 is 0 Å². The number of hydrogen-bond acceptors (Lipinski definition) is 4. The van der Waals surface area contributed by atoms with Gasteiger partial charge in [0, 0.05) is 30.3 Å². The van der Waals surface area contributed by atoms with Crippen molar-refractivity contribution in [1.29, 1.82) is 0 Å². The second-order valence-corrected chi connectivity index (χ2v) is 7.81. The van der Waals surface area contributed by atoms with Gasteiger partial charge in [0.1, 0.15) is 5.82 Å². The first kappa shape index (κ1) is 14.9. The summed E-state index contributed by atoms with van der Waals surface area (Å²) in [6.45, 7) is 3.81. The quantitative estimate of drug-likeness (QED) is 0.869. The lowest BCUT2D eigenvalue weighted by molar-refractivity contribution is 0.0779. The molecule has 6 heteroatoms. The summed E-state index contributed by atoms with van der Waals surface area (Å²) in [5, 5.41) is 10.5. The molecule has 5 nitrogen and oxygen atoms in total. The van der Waals surface area contributed by atoms with Gasteiger partial charge in [0.2, 0.25) is 0 Å². The molecule has 4 rings (SSSR count). The van der Waals surface area contributed by atoms with Crippen LogP contribution in [0.5, 0.6) is 0 Å². The average molecular weight is 330 g/mol. The van der Waals surface area contributed by atoms with Crippen LogP contribution in [0.3, 0.4) is 0 Å². The fourth-order valence-corrected chi connectivity index (χ4v) is 4.91. The molecule has 0 aromatic carbocycles. The number of rotatable bonds is 3. The van der Waals surface area contributed by atoms with Crippen molar-refractivity contribution in [2.45, 2.75) is 52.1 Å². The lowest BCUT2D eigenvalue weighted by atomic mass is 9.88. The number of amides is 1. The van der Waals surface area contributed by atoms with Crippen LogP contribution in [0.4, 0.5) is 0 Å². The van der Waals surface area contributed by atoms with E-state index >= 15 is 0 Å². The van der Waals surface area contributed by atoms with Gasteiger partial charge in [-0.2, -0.15) is 0 Å². The summed E-state index contributed by atoms with van der Waals surface area (Å²) in [7, 11) is 1.87. The molecule has 0 saturated heterocycles. The molecule has 0 radical (unpaired) electrons. The first-order chi connectivity index (χ1) is 11.1. The zero-order valence-corrected chi connectivity index (χ0v) is 14.5. The van der Waals surface area contributed by atoms with Crippen LogP contribution in [-0.4, -0.2) is 32.6 Å². The summed E-state index contributed by atoms with van der Waals surface area (Å²) in [5.74, 6) is 2.82. The van der Waals surface area contributed by atoms with E-state index in [1.165, 1.54) is 16.9 Å². The highest BCUT2D eigenvalue weighted by Gasteiger charge is 2.26. The normalized spacial score (nSPS) is 19.5. The molecule has 1 aliphatic heterocycles. The molecule has 122 valence electrons. The van der Waals surface area contributed by atoms with Crippen LogP contribution in [0, 0.1) is 5.92 Å². The second-order valence-electron chi connectivity index (χ2n) is 6.85. The number of aromatic nitrogens is 3. The van der Waals surface area contributed by atoms with E-state index in [1.54, 1.807) is 16.2 Å². The third kappa shape index (κ3) is 2.59. The monoisotopic (exact) mass is 330 g/mol. The van der Waals surface area contributed by atoms with Gasteiger partial charge in [-0.3, -0.25) is 4.79 Å². The highest BCUT2D eigenvalue weighted by molar-refractivity contribution is 7.10. The molecular formula is C17H22N4OS. The summed E-state index contributed by atoms with van der Waals surface area (Å²) in [5.41, 5.74) is 2.19. The van der Waals surface area contributed by atoms with Crippen molar-refractivity contribution in [3.63, 3.8) is 0 Å². The van der Waals surface area contributed by atoms with Gasteiger partial charge in [-0.05, 0) is 37.2 Å². The molecule has 0 fully saturated rings. The van der Waals surface area contributed by atoms with E-state index in [9.17, 15) is 4.79 Å². The average Bonchev–Trinajstić information content (AvgIpc) is 3.22. The van der Waals surface area contributed by atoms with Crippen LogP contribution in [-0.2, 0) is 32.4 Å². The number of aryl methyl sites for hydroxylation is 1. The molecule has 0 N–H and O–H groups in total.